The molecule has 1 atom stereocenters. The standard InChI is InChI=1S/C25H32N8O3/c1-30-13-14-33(25(30)36)19-3-2-10-32(16-19)21-15-27-22(23(26)35)24(29-21)28-17-4-6-18(7-5-17)31-11-8-20(34)9-12-31/h4-7,15,19H,2-3,8-14,16H2,1H3,(H2,26,35)(H,28,29)/t19-/m1/s1. The van der Waals surface area contributed by atoms with Gasteiger partial charge in [-0.1, -0.05) is 0 Å². The minimum atomic E-state index is -0.659. The molecule has 3 aliphatic heterocycles. The zero-order chi connectivity index (χ0) is 25.2. The van der Waals surface area contributed by atoms with Crippen molar-refractivity contribution in [3.63, 3.8) is 0 Å². The second kappa shape index (κ2) is 10.00. The number of nitrogens with one attached hydrogen (secondary N) is 1. The summed E-state index contributed by atoms with van der Waals surface area (Å²) in [5, 5.41) is 3.20. The van der Waals surface area contributed by atoms with Gasteiger partial charge in [-0.25, -0.2) is 14.8 Å². The second-order valence-electron chi connectivity index (χ2n) is 9.63. The van der Waals surface area contributed by atoms with Crippen LogP contribution >= 0.6 is 0 Å². The summed E-state index contributed by atoms with van der Waals surface area (Å²) in [6.45, 7) is 4.38. The lowest BCUT2D eigenvalue weighted by Gasteiger charge is -2.37. The number of piperidine rings is 2. The SMILES string of the molecule is CN1CCN([C@@H]2CCCN(c3cnc(C(N)=O)c(Nc4ccc(N5CCC(=O)CC5)cc4)n3)C2)C1=O. The molecule has 3 aliphatic rings. The normalized spacial score (nSPS) is 20.8. The van der Waals surface area contributed by atoms with E-state index in [-0.39, 0.29) is 17.8 Å². The van der Waals surface area contributed by atoms with Gasteiger partial charge in [-0.05, 0) is 37.1 Å². The number of rotatable bonds is 6. The highest BCUT2D eigenvalue weighted by atomic mass is 16.2. The average molecular weight is 493 g/mol. The number of aromatic nitrogens is 2. The Labute approximate surface area is 210 Å². The number of primary amides is 1. The fourth-order valence-corrected chi connectivity index (χ4v) is 5.13. The highest BCUT2D eigenvalue weighted by Crippen LogP contribution is 2.27. The van der Waals surface area contributed by atoms with Crippen LogP contribution in [0, 0.1) is 0 Å². The van der Waals surface area contributed by atoms with Gasteiger partial charge in [0.1, 0.15) is 11.6 Å². The molecule has 2 aromatic rings. The molecule has 0 unspecified atom stereocenters. The Bertz CT molecular complexity index is 1140. The first kappa shape index (κ1) is 23.8. The van der Waals surface area contributed by atoms with Crippen molar-refractivity contribution < 1.29 is 14.4 Å². The molecule has 190 valence electrons. The Morgan fingerprint density at radius 3 is 2.44 bits per heavy atom. The Hall–Kier alpha value is -3.89. The minimum absolute atomic E-state index is 0.0685. The molecule has 5 rings (SSSR count). The number of Topliss-reactive ketones (excluding diaryl/α,β-unsaturated/α-hetero) is 1. The van der Waals surface area contributed by atoms with Crippen molar-refractivity contribution >= 4 is 40.7 Å². The molecule has 0 radical (unpaired) electrons. The topological polar surface area (TPSA) is 128 Å². The van der Waals surface area contributed by atoms with E-state index in [1.165, 1.54) is 0 Å². The maximum Gasteiger partial charge on any atom is 0.320 e. The van der Waals surface area contributed by atoms with Crippen molar-refractivity contribution in [2.75, 3.05) is 61.4 Å². The number of hydrogen-bond donors (Lipinski definition) is 2. The zero-order valence-corrected chi connectivity index (χ0v) is 20.5. The monoisotopic (exact) mass is 492 g/mol. The van der Waals surface area contributed by atoms with E-state index >= 15 is 0 Å². The van der Waals surface area contributed by atoms with Crippen molar-refractivity contribution in [3.05, 3.63) is 36.2 Å². The number of carbonyl (C=O) groups excluding carboxylic acids is 3. The van der Waals surface area contributed by atoms with Gasteiger partial charge in [0.25, 0.3) is 5.91 Å². The van der Waals surface area contributed by atoms with Gasteiger partial charge in [0, 0.05) is 70.5 Å². The van der Waals surface area contributed by atoms with Crippen LogP contribution in [0.4, 0.5) is 27.8 Å². The first-order valence-electron chi connectivity index (χ1n) is 12.5. The molecule has 36 heavy (non-hydrogen) atoms. The first-order chi connectivity index (χ1) is 17.4. The molecule has 1 aromatic carbocycles. The maximum atomic E-state index is 12.5. The average Bonchev–Trinajstić information content (AvgIpc) is 3.23. The van der Waals surface area contributed by atoms with Crippen LogP contribution in [-0.4, -0.2) is 89.8 Å². The Balaban J connectivity index is 1.32. The Morgan fingerprint density at radius 1 is 1.03 bits per heavy atom. The molecular weight excluding hydrogens is 460 g/mol. The highest BCUT2D eigenvalue weighted by molar-refractivity contribution is 5.96. The summed E-state index contributed by atoms with van der Waals surface area (Å²) < 4.78 is 0. The van der Waals surface area contributed by atoms with Crippen LogP contribution in [0.1, 0.15) is 36.2 Å². The molecule has 0 spiro atoms. The second-order valence-corrected chi connectivity index (χ2v) is 9.63. The van der Waals surface area contributed by atoms with Crippen LogP contribution < -0.4 is 20.9 Å². The summed E-state index contributed by atoms with van der Waals surface area (Å²) in [5.74, 6) is 0.590. The van der Waals surface area contributed by atoms with Crippen LogP contribution in [0.2, 0.25) is 0 Å². The number of likely N-dealkylation sites (N-methyl/N-ethyl adjacent to an activating group) is 1. The van der Waals surface area contributed by atoms with E-state index in [9.17, 15) is 14.4 Å². The molecule has 4 heterocycles. The zero-order valence-electron chi connectivity index (χ0n) is 20.5. The van der Waals surface area contributed by atoms with Crippen molar-refractivity contribution in [2.45, 2.75) is 31.7 Å². The number of nitrogens with two attached hydrogens (primary N) is 1. The molecule has 0 saturated carbocycles. The minimum Gasteiger partial charge on any atom is -0.371 e. The van der Waals surface area contributed by atoms with Gasteiger partial charge >= 0.3 is 6.03 Å². The van der Waals surface area contributed by atoms with Gasteiger partial charge in [0.15, 0.2) is 11.5 Å². The third kappa shape index (κ3) is 4.91. The van der Waals surface area contributed by atoms with E-state index < -0.39 is 5.91 Å². The fourth-order valence-electron chi connectivity index (χ4n) is 5.13. The number of nitrogens with zero attached hydrogens (tertiary/aromatic N) is 6. The number of urea groups is 1. The van der Waals surface area contributed by atoms with E-state index in [1.807, 2.05) is 36.2 Å². The van der Waals surface area contributed by atoms with E-state index in [4.69, 9.17) is 10.7 Å². The third-order valence-electron chi connectivity index (χ3n) is 7.22. The summed E-state index contributed by atoms with van der Waals surface area (Å²) in [6.07, 6.45) is 4.61. The third-order valence-corrected chi connectivity index (χ3v) is 7.22. The quantitative estimate of drug-likeness (QED) is 0.625. The van der Waals surface area contributed by atoms with Gasteiger partial charge in [-0.2, -0.15) is 0 Å². The van der Waals surface area contributed by atoms with Crippen LogP contribution in [0.3, 0.4) is 0 Å². The van der Waals surface area contributed by atoms with Gasteiger partial charge in [-0.15, -0.1) is 0 Å². The first-order valence-corrected chi connectivity index (χ1v) is 12.5. The highest BCUT2D eigenvalue weighted by Gasteiger charge is 2.34. The van der Waals surface area contributed by atoms with Gasteiger partial charge in [0.2, 0.25) is 0 Å². The summed E-state index contributed by atoms with van der Waals surface area (Å²) >= 11 is 0. The lowest BCUT2D eigenvalue weighted by molar-refractivity contribution is -0.119. The van der Waals surface area contributed by atoms with Crippen LogP contribution in [0.25, 0.3) is 0 Å². The molecule has 3 amide bonds. The predicted octanol–water partition coefficient (Wildman–Crippen LogP) is 1.82. The van der Waals surface area contributed by atoms with Crippen LogP contribution in [0.15, 0.2) is 30.5 Å². The van der Waals surface area contributed by atoms with E-state index in [0.717, 1.165) is 56.9 Å². The van der Waals surface area contributed by atoms with Gasteiger partial charge < -0.3 is 30.7 Å². The number of hydrogen-bond acceptors (Lipinski definition) is 8. The molecule has 3 saturated heterocycles. The predicted molar refractivity (Wildman–Crippen MR) is 137 cm³/mol. The molecule has 3 fully saturated rings. The smallest absolute Gasteiger partial charge is 0.320 e. The maximum absolute atomic E-state index is 12.5. The summed E-state index contributed by atoms with van der Waals surface area (Å²) in [6, 6.07) is 7.98. The summed E-state index contributed by atoms with van der Waals surface area (Å²) in [5.41, 5.74) is 7.45. The van der Waals surface area contributed by atoms with Crippen molar-refractivity contribution in [1.82, 2.24) is 19.8 Å². The summed E-state index contributed by atoms with van der Waals surface area (Å²) in [7, 11) is 1.83. The lowest BCUT2D eigenvalue weighted by atomic mass is 10.0. The van der Waals surface area contributed by atoms with E-state index in [2.05, 4.69) is 20.1 Å². The molecule has 3 N–H and O–H groups in total. The molecule has 1 aromatic heterocycles. The number of ketones is 1. The molecule has 11 heteroatoms. The van der Waals surface area contributed by atoms with Crippen LogP contribution in [0.5, 0.6) is 0 Å². The summed E-state index contributed by atoms with van der Waals surface area (Å²) in [4.78, 5) is 53.1. The number of benzene rings is 1. The molecule has 0 aliphatic carbocycles. The van der Waals surface area contributed by atoms with Crippen molar-refractivity contribution in [1.29, 1.82) is 0 Å². The Kier molecular flexibility index (Phi) is 6.62. The Morgan fingerprint density at radius 2 is 1.78 bits per heavy atom. The van der Waals surface area contributed by atoms with Crippen molar-refractivity contribution in [2.24, 2.45) is 5.73 Å². The number of anilines is 4. The van der Waals surface area contributed by atoms with Gasteiger partial charge in [0.05, 0.1) is 12.2 Å². The van der Waals surface area contributed by atoms with E-state index in [1.54, 1.807) is 11.1 Å². The number of amides is 3. The van der Waals surface area contributed by atoms with Crippen molar-refractivity contribution in [3.8, 4) is 0 Å². The largest absolute Gasteiger partial charge is 0.371 e. The number of carbonyl (C=O) groups is 3. The fraction of sp³-hybridized carbons (Fsp3) is 0.480. The van der Waals surface area contributed by atoms with Gasteiger partial charge in [-0.3, -0.25) is 9.59 Å². The molecule has 0 bridgehead atoms. The lowest BCUT2D eigenvalue weighted by Crippen LogP contribution is -2.49. The van der Waals surface area contributed by atoms with E-state index in [0.29, 0.717) is 36.8 Å². The molecular formula is C25H32N8O3. The van der Waals surface area contributed by atoms with Crippen LogP contribution in [-0.2, 0) is 4.79 Å². The molecule has 11 nitrogen and oxygen atoms in total.